The summed E-state index contributed by atoms with van der Waals surface area (Å²) in [4.78, 5) is 4.23. The first-order chi connectivity index (χ1) is 8.29. The summed E-state index contributed by atoms with van der Waals surface area (Å²) in [6.45, 7) is 10.9. The topological polar surface area (TPSA) is 12.9 Å². The van der Waals surface area contributed by atoms with Gasteiger partial charge < -0.3 is 0 Å². The highest BCUT2D eigenvalue weighted by molar-refractivity contribution is 5.15. The van der Waals surface area contributed by atoms with E-state index in [1.165, 1.54) is 31.2 Å². The van der Waals surface area contributed by atoms with E-state index in [4.69, 9.17) is 0 Å². The van der Waals surface area contributed by atoms with Gasteiger partial charge in [-0.15, -0.1) is 0 Å². The van der Waals surface area contributed by atoms with Crippen molar-refractivity contribution < 1.29 is 0 Å². The number of hydrogen-bond donors (Lipinski definition) is 0. The summed E-state index contributed by atoms with van der Waals surface area (Å²) < 4.78 is 0. The molecule has 1 heteroatoms. The summed E-state index contributed by atoms with van der Waals surface area (Å²) in [5.74, 6) is 1.46. The molecular formula is C16H29N. The molecule has 0 saturated carbocycles. The molecule has 2 unspecified atom stereocenters. The Balaban J connectivity index is 0.00000121. The van der Waals surface area contributed by atoms with Gasteiger partial charge in [-0.25, -0.2) is 0 Å². The molecule has 0 aliphatic heterocycles. The SMILES string of the molecule is CC.CCCCC(c1cccnc1)C(C)CC. The summed E-state index contributed by atoms with van der Waals surface area (Å²) in [6, 6.07) is 4.27. The lowest BCUT2D eigenvalue weighted by Crippen LogP contribution is -2.09. The summed E-state index contributed by atoms with van der Waals surface area (Å²) in [5, 5.41) is 0. The van der Waals surface area contributed by atoms with Gasteiger partial charge in [-0.1, -0.05) is 59.9 Å². The Hall–Kier alpha value is -0.850. The number of rotatable bonds is 6. The molecular weight excluding hydrogens is 206 g/mol. The molecule has 1 aromatic heterocycles. The number of nitrogens with zero attached hydrogens (tertiary/aromatic N) is 1. The van der Waals surface area contributed by atoms with E-state index in [1.807, 2.05) is 26.2 Å². The van der Waals surface area contributed by atoms with Gasteiger partial charge in [0.1, 0.15) is 0 Å². The zero-order chi connectivity index (χ0) is 13.1. The first-order valence-electron chi connectivity index (χ1n) is 7.19. The standard InChI is InChI=1S/C14H23N.C2H6/c1-4-6-9-14(12(3)5-2)13-8-7-10-15-11-13;1-2/h7-8,10-12,14H,4-6,9H2,1-3H3;1-2H3. The molecule has 1 rings (SSSR count). The average molecular weight is 235 g/mol. The fourth-order valence-corrected chi connectivity index (χ4v) is 2.08. The number of unbranched alkanes of at least 4 members (excludes halogenated alkanes) is 1. The van der Waals surface area contributed by atoms with Gasteiger partial charge in [0.05, 0.1) is 0 Å². The van der Waals surface area contributed by atoms with Crippen molar-refractivity contribution in [2.24, 2.45) is 5.92 Å². The lowest BCUT2D eigenvalue weighted by molar-refractivity contribution is 0.411. The van der Waals surface area contributed by atoms with Crippen LogP contribution in [0.15, 0.2) is 24.5 Å². The molecule has 0 amide bonds. The molecule has 0 aliphatic rings. The molecule has 0 radical (unpaired) electrons. The summed E-state index contributed by atoms with van der Waals surface area (Å²) >= 11 is 0. The van der Waals surface area contributed by atoms with Gasteiger partial charge >= 0.3 is 0 Å². The molecule has 0 bridgehead atoms. The van der Waals surface area contributed by atoms with E-state index < -0.39 is 0 Å². The van der Waals surface area contributed by atoms with E-state index in [0.717, 1.165) is 5.92 Å². The quantitative estimate of drug-likeness (QED) is 0.641. The lowest BCUT2D eigenvalue weighted by atomic mass is 9.83. The van der Waals surface area contributed by atoms with Crippen LogP contribution >= 0.6 is 0 Å². The van der Waals surface area contributed by atoms with Crippen LogP contribution in [0.4, 0.5) is 0 Å². The zero-order valence-electron chi connectivity index (χ0n) is 12.2. The number of pyridine rings is 1. The van der Waals surface area contributed by atoms with E-state index in [0.29, 0.717) is 5.92 Å². The second kappa shape index (κ2) is 10.3. The van der Waals surface area contributed by atoms with Gasteiger partial charge in [0.25, 0.3) is 0 Å². The molecule has 0 N–H and O–H groups in total. The number of hydrogen-bond acceptors (Lipinski definition) is 1. The minimum atomic E-state index is 0.698. The third-order valence-corrected chi connectivity index (χ3v) is 3.31. The van der Waals surface area contributed by atoms with Gasteiger partial charge in [0.15, 0.2) is 0 Å². The molecule has 1 heterocycles. The molecule has 0 aliphatic carbocycles. The fourth-order valence-electron chi connectivity index (χ4n) is 2.08. The van der Waals surface area contributed by atoms with E-state index in [-0.39, 0.29) is 0 Å². The third-order valence-electron chi connectivity index (χ3n) is 3.31. The largest absolute Gasteiger partial charge is 0.264 e. The predicted octanol–water partition coefficient (Wildman–Crippen LogP) is 5.43. The molecule has 0 aromatic carbocycles. The van der Waals surface area contributed by atoms with Crippen molar-refractivity contribution in [3.05, 3.63) is 30.1 Å². The molecule has 0 saturated heterocycles. The smallest absolute Gasteiger partial charge is 0.0302 e. The predicted molar refractivity (Wildman–Crippen MR) is 77.3 cm³/mol. The highest BCUT2D eigenvalue weighted by Crippen LogP contribution is 2.31. The van der Waals surface area contributed by atoms with E-state index >= 15 is 0 Å². The average Bonchev–Trinajstić information content (AvgIpc) is 2.42. The van der Waals surface area contributed by atoms with Gasteiger partial charge in [0, 0.05) is 12.4 Å². The lowest BCUT2D eigenvalue weighted by Gasteiger charge is -2.22. The molecule has 0 fully saturated rings. The first-order valence-corrected chi connectivity index (χ1v) is 7.19. The molecule has 1 aromatic rings. The van der Waals surface area contributed by atoms with Crippen LogP contribution in [0.3, 0.4) is 0 Å². The fraction of sp³-hybridized carbons (Fsp3) is 0.688. The van der Waals surface area contributed by atoms with Crippen molar-refractivity contribution in [2.45, 2.75) is 66.2 Å². The van der Waals surface area contributed by atoms with Crippen LogP contribution in [-0.2, 0) is 0 Å². The maximum atomic E-state index is 4.23. The van der Waals surface area contributed by atoms with E-state index in [9.17, 15) is 0 Å². The van der Waals surface area contributed by atoms with Crippen molar-refractivity contribution in [1.29, 1.82) is 0 Å². The molecule has 2 atom stereocenters. The zero-order valence-corrected chi connectivity index (χ0v) is 12.2. The summed E-state index contributed by atoms with van der Waals surface area (Å²) in [7, 11) is 0. The number of aromatic nitrogens is 1. The Kier molecular flexibility index (Phi) is 9.80. The highest BCUT2D eigenvalue weighted by atomic mass is 14.6. The van der Waals surface area contributed by atoms with Gasteiger partial charge in [0.2, 0.25) is 0 Å². The molecule has 1 nitrogen and oxygen atoms in total. The van der Waals surface area contributed by atoms with E-state index in [1.54, 1.807) is 0 Å². The molecule has 17 heavy (non-hydrogen) atoms. The van der Waals surface area contributed by atoms with Crippen LogP contribution in [0, 0.1) is 5.92 Å². The Morgan fingerprint density at radius 1 is 1.24 bits per heavy atom. The normalized spacial score (nSPS) is 13.5. The maximum Gasteiger partial charge on any atom is 0.0302 e. The third kappa shape index (κ3) is 5.86. The van der Waals surface area contributed by atoms with Crippen molar-refractivity contribution >= 4 is 0 Å². The van der Waals surface area contributed by atoms with Gasteiger partial charge in [-0.05, 0) is 29.9 Å². The van der Waals surface area contributed by atoms with Crippen molar-refractivity contribution in [2.75, 3.05) is 0 Å². The molecule has 0 spiro atoms. The monoisotopic (exact) mass is 235 g/mol. The summed E-state index contributed by atoms with van der Waals surface area (Å²) in [5.41, 5.74) is 1.42. The van der Waals surface area contributed by atoms with Crippen LogP contribution in [0.1, 0.15) is 71.8 Å². The minimum absolute atomic E-state index is 0.698. The minimum Gasteiger partial charge on any atom is -0.264 e. The maximum absolute atomic E-state index is 4.23. The Bertz CT molecular complexity index is 255. The summed E-state index contributed by atoms with van der Waals surface area (Å²) in [6.07, 6.45) is 9.06. The second-order valence-corrected chi connectivity index (χ2v) is 4.42. The van der Waals surface area contributed by atoms with Crippen molar-refractivity contribution in [3.8, 4) is 0 Å². The van der Waals surface area contributed by atoms with Crippen LogP contribution in [-0.4, -0.2) is 4.98 Å². The van der Waals surface area contributed by atoms with Crippen LogP contribution in [0.25, 0.3) is 0 Å². The van der Waals surface area contributed by atoms with Crippen LogP contribution in [0.5, 0.6) is 0 Å². The van der Waals surface area contributed by atoms with E-state index in [2.05, 4.69) is 37.9 Å². The van der Waals surface area contributed by atoms with Gasteiger partial charge in [-0.3, -0.25) is 4.98 Å². The Morgan fingerprint density at radius 2 is 1.94 bits per heavy atom. The first kappa shape index (κ1) is 16.1. The Morgan fingerprint density at radius 3 is 2.41 bits per heavy atom. The second-order valence-electron chi connectivity index (χ2n) is 4.42. The molecule has 98 valence electrons. The Labute approximate surface area is 108 Å². The van der Waals surface area contributed by atoms with Crippen molar-refractivity contribution in [3.63, 3.8) is 0 Å². The van der Waals surface area contributed by atoms with Gasteiger partial charge in [-0.2, -0.15) is 0 Å². The van der Waals surface area contributed by atoms with Crippen LogP contribution in [0.2, 0.25) is 0 Å². The highest BCUT2D eigenvalue weighted by Gasteiger charge is 2.17. The van der Waals surface area contributed by atoms with Crippen LogP contribution < -0.4 is 0 Å². The van der Waals surface area contributed by atoms with Crippen molar-refractivity contribution in [1.82, 2.24) is 4.98 Å².